The van der Waals surface area contributed by atoms with Gasteiger partial charge in [0.15, 0.2) is 0 Å². The third-order valence-corrected chi connectivity index (χ3v) is 10.5. The van der Waals surface area contributed by atoms with E-state index in [9.17, 15) is 20.1 Å². The second kappa shape index (κ2) is 12.6. The van der Waals surface area contributed by atoms with Gasteiger partial charge in [-0.05, 0) is 120 Å². The molecule has 0 aliphatic carbocycles. The van der Waals surface area contributed by atoms with Crippen molar-refractivity contribution in [2.45, 2.75) is 13.8 Å². The first-order valence-electron chi connectivity index (χ1n) is 17.6. The molecule has 6 nitrogen and oxygen atoms in total. The maximum absolute atomic E-state index is 14.7. The number of hydrogen-bond donors (Lipinski definition) is 0. The Morgan fingerprint density at radius 2 is 1.00 bits per heavy atom. The Labute approximate surface area is 312 Å². The third-order valence-electron chi connectivity index (χ3n) is 10.5. The average Bonchev–Trinajstić information content (AvgIpc) is 3.67. The Balaban J connectivity index is 1.27. The van der Waals surface area contributed by atoms with Crippen molar-refractivity contribution >= 4 is 39.3 Å². The van der Waals surface area contributed by atoms with Crippen LogP contribution in [0, 0.1) is 36.5 Å². The summed E-state index contributed by atoms with van der Waals surface area (Å²) in [6.45, 7) is 4.01. The Bertz CT molecular complexity index is 2860. The molecule has 1 aliphatic heterocycles. The fourth-order valence-electron chi connectivity index (χ4n) is 7.94. The van der Waals surface area contributed by atoms with Crippen LogP contribution in [0.3, 0.4) is 0 Å². The lowest BCUT2D eigenvalue weighted by atomic mass is 9.95. The largest absolute Gasteiger partial charge is 0.308 e. The van der Waals surface area contributed by atoms with Crippen LogP contribution >= 0.6 is 0 Å². The number of para-hydroxylation sites is 1. The molecule has 0 saturated carbocycles. The lowest BCUT2D eigenvalue weighted by Gasteiger charge is -2.18. The molecule has 0 atom stereocenters. The van der Waals surface area contributed by atoms with Crippen LogP contribution in [0.4, 0.5) is 5.69 Å². The van der Waals surface area contributed by atoms with Crippen LogP contribution in [0.15, 0.2) is 146 Å². The van der Waals surface area contributed by atoms with Crippen molar-refractivity contribution in [1.82, 2.24) is 4.57 Å². The number of imide groups is 1. The zero-order valence-corrected chi connectivity index (χ0v) is 29.5. The number of carbonyl (C=O) groups is 2. The Morgan fingerprint density at radius 3 is 1.57 bits per heavy atom. The van der Waals surface area contributed by atoms with Gasteiger partial charge >= 0.3 is 0 Å². The van der Waals surface area contributed by atoms with Crippen molar-refractivity contribution in [2.24, 2.45) is 0 Å². The molecule has 2 amide bonds. The molecular weight excluding hydrogens is 665 g/mol. The molecule has 254 valence electrons. The van der Waals surface area contributed by atoms with E-state index in [0.29, 0.717) is 33.6 Å². The number of carbonyl (C=O) groups excluding carboxylic acids is 2. The highest BCUT2D eigenvalue weighted by Gasteiger charge is 2.40. The van der Waals surface area contributed by atoms with E-state index in [4.69, 9.17) is 0 Å². The zero-order chi connectivity index (χ0) is 37.1. The van der Waals surface area contributed by atoms with Crippen LogP contribution in [0.25, 0.3) is 60.9 Å². The van der Waals surface area contributed by atoms with Gasteiger partial charge in [-0.25, -0.2) is 4.90 Å². The van der Waals surface area contributed by atoms with Gasteiger partial charge in [-0.2, -0.15) is 10.5 Å². The number of nitrogens with zero attached hydrogens (tertiary/aromatic N) is 4. The predicted octanol–water partition coefficient (Wildman–Crippen LogP) is 10.9. The van der Waals surface area contributed by atoms with E-state index in [0.717, 1.165) is 66.3 Å². The summed E-state index contributed by atoms with van der Waals surface area (Å²) in [5.74, 6) is -0.739. The fraction of sp³-hybridized carbons (Fsp3) is 0.0417. The lowest BCUT2D eigenvalue weighted by Crippen LogP contribution is -2.30. The molecular formula is C48H30N4O2. The Kier molecular flexibility index (Phi) is 7.55. The molecule has 0 spiro atoms. The van der Waals surface area contributed by atoms with Gasteiger partial charge in [0.05, 0.1) is 56.8 Å². The van der Waals surface area contributed by atoms with Gasteiger partial charge in [0.25, 0.3) is 11.8 Å². The molecule has 0 unspecified atom stereocenters. The van der Waals surface area contributed by atoms with Gasteiger partial charge in [-0.15, -0.1) is 0 Å². The van der Waals surface area contributed by atoms with Gasteiger partial charge in [-0.1, -0.05) is 78.9 Å². The summed E-state index contributed by atoms with van der Waals surface area (Å²) in [5, 5.41) is 20.9. The quantitative estimate of drug-likeness (QED) is 0.168. The summed E-state index contributed by atoms with van der Waals surface area (Å²) >= 11 is 0. The summed E-state index contributed by atoms with van der Waals surface area (Å²) in [6.07, 6.45) is 0. The van der Waals surface area contributed by atoms with Gasteiger partial charge in [0, 0.05) is 16.3 Å². The first-order valence-corrected chi connectivity index (χ1v) is 17.6. The molecule has 0 fully saturated rings. The molecule has 0 radical (unpaired) electrons. The van der Waals surface area contributed by atoms with Crippen LogP contribution in [-0.2, 0) is 0 Å². The molecule has 7 aromatic carbocycles. The van der Waals surface area contributed by atoms with E-state index >= 15 is 0 Å². The van der Waals surface area contributed by atoms with Gasteiger partial charge in [0.1, 0.15) is 0 Å². The van der Waals surface area contributed by atoms with Crippen LogP contribution in [-0.4, -0.2) is 16.4 Å². The fourth-order valence-corrected chi connectivity index (χ4v) is 7.94. The van der Waals surface area contributed by atoms with Crippen molar-refractivity contribution in [3.8, 4) is 51.2 Å². The maximum atomic E-state index is 14.7. The van der Waals surface area contributed by atoms with E-state index in [1.807, 2.05) is 117 Å². The number of aromatic nitrogens is 1. The SMILES string of the molecule is Cc1cc(C#N)ccc1-c1ccc2c(c1)c1cc(-c3ccc(C#N)cc3C)ccc1n2-c1cccc2c1C(=O)N(c1ccccc1-c1ccccc1)C2=O. The van der Waals surface area contributed by atoms with Crippen molar-refractivity contribution < 1.29 is 9.59 Å². The van der Waals surface area contributed by atoms with E-state index < -0.39 is 0 Å². The zero-order valence-electron chi connectivity index (χ0n) is 29.5. The summed E-state index contributed by atoms with van der Waals surface area (Å²) in [7, 11) is 0. The van der Waals surface area contributed by atoms with Crippen molar-refractivity contribution in [1.29, 1.82) is 10.5 Å². The number of aryl methyl sites for hydroxylation is 2. The third kappa shape index (κ3) is 5.01. The van der Waals surface area contributed by atoms with Crippen molar-refractivity contribution in [3.05, 3.63) is 179 Å². The molecule has 8 aromatic rings. The number of benzene rings is 7. The number of nitriles is 2. The molecule has 1 aliphatic rings. The van der Waals surface area contributed by atoms with Crippen LogP contribution in [0.1, 0.15) is 43.0 Å². The monoisotopic (exact) mass is 694 g/mol. The Hall–Kier alpha value is -7.54. The standard InChI is InChI=1S/C48H30N4O2/c1-29-23-31(27-49)15-19-36(29)34-17-21-43-40(25-34)41-26-35(37-20-16-32(28-50)24-30(37)2)18-22-44(41)51(43)45-14-8-12-39-46(45)48(54)52(47(39)53)42-13-7-6-11-38(42)33-9-4-3-5-10-33/h3-26H,1-2H3. The summed E-state index contributed by atoms with van der Waals surface area (Å²) in [5.41, 5.74) is 12.5. The van der Waals surface area contributed by atoms with Crippen LogP contribution in [0.5, 0.6) is 0 Å². The van der Waals surface area contributed by atoms with E-state index in [1.54, 1.807) is 6.07 Å². The van der Waals surface area contributed by atoms with Crippen molar-refractivity contribution in [3.63, 3.8) is 0 Å². The van der Waals surface area contributed by atoms with Crippen LogP contribution < -0.4 is 4.90 Å². The van der Waals surface area contributed by atoms with Gasteiger partial charge in [0.2, 0.25) is 0 Å². The Morgan fingerprint density at radius 1 is 0.463 bits per heavy atom. The summed E-state index contributed by atoms with van der Waals surface area (Å²) in [4.78, 5) is 30.2. The highest BCUT2D eigenvalue weighted by atomic mass is 16.2. The van der Waals surface area contributed by atoms with Crippen molar-refractivity contribution in [2.75, 3.05) is 4.90 Å². The van der Waals surface area contributed by atoms with E-state index in [-0.39, 0.29) is 11.8 Å². The first-order chi connectivity index (χ1) is 26.4. The number of rotatable bonds is 5. The molecule has 6 heteroatoms. The lowest BCUT2D eigenvalue weighted by molar-refractivity contribution is 0.0926. The highest BCUT2D eigenvalue weighted by molar-refractivity contribution is 6.36. The smallest absolute Gasteiger partial charge is 0.268 e. The minimum atomic E-state index is -0.376. The van der Waals surface area contributed by atoms with E-state index in [1.165, 1.54) is 4.90 Å². The minimum Gasteiger partial charge on any atom is -0.308 e. The van der Waals surface area contributed by atoms with E-state index in [2.05, 4.69) is 53.1 Å². The highest BCUT2D eigenvalue weighted by Crippen LogP contribution is 2.42. The van der Waals surface area contributed by atoms with Gasteiger partial charge in [-0.3, -0.25) is 9.59 Å². The molecule has 0 bridgehead atoms. The first kappa shape index (κ1) is 32.4. The molecule has 0 N–H and O–H groups in total. The van der Waals surface area contributed by atoms with Crippen LogP contribution in [0.2, 0.25) is 0 Å². The molecule has 1 aromatic heterocycles. The maximum Gasteiger partial charge on any atom is 0.268 e. The molecule has 54 heavy (non-hydrogen) atoms. The van der Waals surface area contributed by atoms with Gasteiger partial charge < -0.3 is 4.57 Å². The number of fused-ring (bicyclic) bond motifs is 4. The molecule has 9 rings (SSSR count). The minimum absolute atomic E-state index is 0.350. The molecule has 0 saturated heterocycles. The predicted molar refractivity (Wildman–Crippen MR) is 214 cm³/mol. The number of anilines is 1. The average molecular weight is 695 g/mol. The second-order valence-electron chi connectivity index (χ2n) is 13.6. The summed E-state index contributed by atoms with van der Waals surface area (Å²) < 4.78 is 2.09. The summed E-state index contributed by atoms with van der Waals surface area (Å²) in [6, 6.07) is 51.2. The number of hydrogen-bond acceptors (Lipinski definition) is 4. The second-order valence-corrected chi connectivity index (χ2v) is 13.6. The number of amides is 2. The normalized spacial score (nSPS) is 12.3. The molecule has 2 heterocycles. The topological polar surface area (TPSA) is 89.9 Å².